The summed E-state index contributed by atoms with van der Waals surface area (Å²) in [5.74, 6) is 0.258. The molecule has 32 heavy (non-hydrogen) atoms. The first-order valence-corrected chi connectivity index (χ1v) is 12.2. The predicted molar refractivity (Wildman–Crippen MR) is 120 cm³/mol. The number of ether oxygens (including phenoxy) is 2. The molecule has 2 amide bonds. The molecular weight excluding hydrogens is 432 g/mol. The Bertz CT molecular complexity index is 1090. The Kier molecular flexibility index (Phi) is 7.08. The Labute approximate surface area is 188 Å². The Morgan fingerprint density at radius 1 is 1.06 bits per heavy atom. The fourth-order valence-corrected chi connectivity index (χ4v) is 4.32. The molecule has 172 valence electrons. The number of carbonyl (C=O) groups excluding carboxylic acids is 2. The zero-order valence-corrected chi connectivity index (χ0v) is 19.5. The average Bonchev–Trinajstić information content (AvgIpc) is 2.78. The summed E-state index contributed by atoms with van der Waals surface area (Å²) in [6.45, 7) is 4.80. The van der Waals surface area contributed by atoms with Gasteiger partial charge in [-0.1, -0.05) is 18.2 Å². The number of hydrogen-bond acceptors (Lipinski definition) is 6. The van der Waals surface area contributed by atoms with Gasteiger partial charge in [-0.2, -0.15) is 0 Å². The van der Waals surface area contributed by atoms with Crippen molar-refractivity contribution in [3.8, 4) is 11.5 Å². The van der Waals surface area contributed by atoms with Crippen LogP contribution < -0.4 is 9.47 Å². The lowest BCUT2D eigenvalue weighted by Crippen LogP contribution is -2.57. The molecule has 1 aliphatic rings. The second-order valence-electron chi connectivity index (χ2n) is 7.84. The van der Waals surface area contributed by atoms with Gasteiger partial charge in [0.05, 0.1) is 12.0 Å². The van der Waals surface area contributed by atoms with Gasteiger partial charge < -0.3 is 19.3 Å². The molecule has 8 nitrogen and oxygen atoms in total. The van der Waals surface area contributed by atoms with Gasteiger partial charge in [-0.15, -0.1) is 0 Å². The van der Waals surface area contributed by atoms with Gasteiger partial charge in [0.2, 0.25) is 0 Å². The van der Waals surface area contributed by atoms with Crippen LogP contribution in [0.25, 0.3) is 0 Å². The van der Waals surface area contributed by atoms with Crippen molar-refractivity contribution in [3.63, 3.8) is 0 Å². The highest BCUT2D eigenvalue weighted by Gasteiger charge is 2.33. The van der Waals surface area contributed by atoms with E-state index >= 15 is 0 Å². The molecule has 1 unspecified atom stereocenters. The van der Waals surface area contributed by atoms with E-state index in [0.717, 1.165) is 6.26 Å². The van der Waals surface area contributed by atoms with Crippen LogP contribution in [-0.4, -0.2) is 75.2 Å². The minimum Gasteiger partial charge on any atom is -0.493 e. The van der Waals surface area contributed by atoms with Gasteiger partial charge in [0, 0.05) is 43.6 Å². The van der Waals surface area contributed by atoms with Gasteiger partial charge >= 0.3 is 0 Å². The number of rotatable bonds is 6. The smallest absolute Gasteiger partial charge is 0.263 e. The first-order chi connectivity index (χ1) is 15.1. The number of amides is 2. The summed E-state index contributed by atoms with van der Waals surface area (Å²) in [7, 11) is -1.99. The monoisotopic (exact) mass is 460 g/mol. The molecule has 2 aromatic carbocycles. The zero-order valence-electron chi connectivity index (χ0n) is 18.6. The number of sulfone groups is 1. The molecule has 0 radical (unpaired) electrons. The molecule has 1 saturated heterocycles. The highest BCUT2D eigenvalue weighted by Crippen LogP contribution is 2.31. The van der Waals surface area contributed by atoms with Gasteiger partial charge in [-0.3, -0.25) is 9.59 Å². The number of piperazine rings is 1. The first-order valence-electron chi connectivity index (χ1n) is 10.3. The lowest BCUT2D eigenvalue weighted by Gasteiger charge is -2.40. The molecule has 3 rings (SSSR count). The van der Waals surface area contributed by atoms with Crippen LogP contribution in [0.4, 0.5) is 0 Å². The fraction of sp³-hybridized carbons (Fsp3) is 0.391. The van der Waals surface area contributed by atoms with Gasteiger partial charge in [0.1, 0.15) is 0 Å². The third kappa shape index (κ3) is 5.21. The van der Waals surface area contributed by atoms with Crippen LogP contribution in [0.15, 0.2) is 53.4 Å². The number of hydrogen-bond donors (Lipinski definition) is 0. The molecule has 9 heteroatoms. The number of carbonyl (C=O) groups is 2. The van der Waals surface area contributed by atoms with E-state index in [1.165, 1.54) is 25.3 Å². The minimum absolute atomic E-state index is 0.0513. The van der Waals surface area contributed by atoms with E-state index in [4.69, 9.17) is 9.47 Å². The van der Waals surface area contributed by atoms with Crippen molar-refractivity contribution >= 4 is 21.7 Å². The first kappa shape index (κ1) is 23.6. The summed E-state index contributed by atoms with van der Waals surface area (Å²) in [5.41, 5.74) is 0.626. The van der Waals surface area contributed by atoms with Crippen molar-refractivity contribution in [3.05, 3.63) is 54.1 Å². The fourth-order valence-electron chi connectivity index (χ4n) is 3.68. The van der Waals surface area contributed by atoms with Crippen LogP contribution >= 0.6 is 0 Å². The average molecular weight is 461 g/mol. The SMILES string of the molecule is COc1cc(S(C)(=O)=O)ccc1OC(C)C(=O)N1CCN(C(=O)c2ccccc2)C[C@H]1C. The molecule has 1 fully saturated rings. The van der Waals surface area contributed by atoms with Crippen molar-refractivity contribution in [1.82, 2.24) is 9.80 Å². The number of benzene rings is 2. The van der Waals surface area contributed by atoms with E-state index in [0.29, 0.717) is 25.2 Å². The van der Waals surface area contributed by atoms with Crippen LogP contribution in [0.5, 0.6) is 11.5 Å². The van der Waals surface area contributed by atoms with Crippen LogP contribution in [0.3, 0.4) is 0 Å². The summed E-state index contributed by atoms with van der Waals surface area (Å²) < 4.78 is 34.6. The van der Waals surface area contributed by atoms with Crippen LogP contribution in [-0.2, 0) is 14.6 Å². The molecule has 1 heterocycles. The molecule has 2 atom stereocenters. The highest BCUT2D eigenvalue weighted by molar-refractivity contribution is 7.90. The molecular formula is C23H28N2O6S. The van der Waals surface area contributed by atoms with E-state index in [-0.39, 0.29) is 34.3 Å². The molecule has 0 N–H and O–H groups in total. The maximum atomic E-state index is 13.0. The Morgan fingerprint density at radius 2 is 1.75 bits per heavy atom. The Hall–Kier alpha value is -3.07. The highest BCUT2D eigenvalue weighted by atomic mass is 32.2. The van der Waals surface area contributed by atoms with Crippen molar-refractivity contribution in [2.24, 2.45) is 0 Å². The second kappa shape index (κ2) is 9.60. The standard InChI is InChI=1S/C23H28N2O6S/c1-16-15-24(23(27)18-8-6-5-7-9-18)12-13-25(16)22(26)17(2)31-20-11-10-19(32(4,28)29)14-21(20)30-3/h5-11,14,16-17H,12-13,15H2,1-4H3/t16-,17?/m1/s1. The predicted octanol–water partition coefficient (Wildman–Crippen LogP) is 2.24. The van der Waals surface area contributed by atoms with Crippen molar-refractivity contribution in [2.75, 3.05) is 33.0 Å². The summed E-state index contributed by atoms with van der Waals surface area (Å²) in [6, 6.07) is 13.2. The van der Waals surface area contributed by atoms with E-state index < -0.39 is 15.9 Å². The molecule has 1 aliphatic heterocycles. The van der Waals surface area contributed by atoms with Crippen LogP contribution in [0.2, 0.25) is 0 Å². The van der Waals surface area contributed by atoms with Crippen LogP contribution in [0.1, 0.15) is 24.2 Å². The van der Waals surface area contributed by atoms with Gasteiger partial charge in [0.15, 0.2) is 27.4 Å². The lowest BCUT2D eigenvalue weighted by atomic mass is 10.1. The molecule has 0 saturated carbocycles. The number of nitrogens with zero attached hydrogens (tertiary/aromatic N) is 2. The van der Waals surface area contributed by atoms with Gasteiger partial charge in [0.25, 0.3) is 11.8 Å². The van der Waals surface area contributed by atoms with E-state index in [9.17, 15) is 18.0 Å². The summed E-state index contributed by atoms with van der Waals surface area (Å²) in [5, 5.41) is 0. The third-order valence-corrected chi connectivity index (χ3v) is 6.54. The zero-order chi connectivity index (χ0) is 23.5. The van der Waals surface area contributed by atoms with Crippen LogP contribution in [0, 0.1) is 0 Å². The lowest BCUT2D eigenvalue weighted by molar-refractivity contribution is -0.142. The van der Waals surface area contributed by atoms with Gasteiger partial charge in [-0.25, -0.2) is 8.42 Å². The largest absolute Gasteiger partial charge is 0.493 e. The Balaban J connectivity index is 1.66. The van der Waals surface area contributed by atoms with E-state index in [2.05, 4.69) is 0 Å². The maximum absolute atomic E-state index is 13.0. The molecule has 2 aromatic rings. The normalized spacial score (nSPS) is 17.6. The van der Waals surface area contributed by atoms with Crippen molar-refractivity contribution < 1.29 is 27.5 Å². The molecule has 0 aliphatic carbocycles. The molecule has 0 bridgehead atoms. The van der Waals surface area contributed by atoms with Crippen molar-refractivity contribution in [1.29, 1.82) is 0 Å². The number of methoxy groups -OCH3 is 1. The maximum Gasteiger partial charge on any atom is 0.263 e. The minimum atomic E-state index is -3.40. The topological polar surface area (TPSA) is 93.2 Å². The summed E-state index contributed by atoms with van der Waals surface area (Å²) in [6.07, 6.45) is 0.296. The second-order valence-corrected chi connectivity index (χ2v) is 9.86. The molecule has 0 aromatic heterocycles. The Morgan fingerprint density at radius 3 is 2.34 bits per heavy atom. The van der Waals surface area contributed by atoms with E-state index in [1.807, 2.05) is 25.1 Å². The summed E-state index contributed by atoms with van der Waals surface area (Å²) in [4.78, 5) is 29.3. The molecule has 0 spiro atoms. The van der Waals surface area contributed by atoms with Gasteiger partial charge in [-0.05, 0) is 38.1 Å². The van der Waals surface area contributed by atoms with Crippen molar-refractivity contribution in [2.45, 2.75) is 30.9 Å². The summed E-state index contributed by atoms with van der Waals surface area (Å²) >= 11 is 0. The van der Waals surface area contributed by atoms with E-state index in [1.54, 1.807) is 28.9 Å². The quantitative estimate of drug-likeness (QED) is 0.656. The third-order valence-electron chi connectivity index (χ3n) is 5.43.